The number of nitrogens with zero attached hydrogens (tertiary/aromatic N) is 1. The standard InChI is InChI=1S/C7H14N2O3.C6H16N2O.C6H7NO4.CH4/c1-5(11)8-3-7(4-10)9-6(2)12;7-4-2-1-3-6(8)5-9;1-4(8)11-7-5(9)2-3-6(7)10;/h7,10H,3-4H2,1-2H3,(H,8,11)(H,9,12);6,9H,1-5,7-8H2;2-3H2,1H3;1H4. The summed E-state index contributed by atoms with van der Waals surface area (Å²) in [5, 5.41) is 22.7. The lowest BCUT2D eigenvalue weighted by atomic mass is 10.1. The molecule has 2 unspecified atom stereocenters. The van der Waals surface area contributed by atoms with Crippen molar-refractivity contribution in [1.29, 1.82) is 0 Å². The number of unbranched alkanes of at least 4 members (excludes halogenated alkanes) is 1. The van der Waals surface area contributed by atoms with E-state index in [1.807, 2.05) is 0 Å². The van der Waals surface area contributed by atoms with E-state index in [4.69, 9.17) is 21.7 Å². The fourth-order valence-corrected chi connectivity index (χ4v) is 2.14. The molecule has 13 nitrogen and oxygen atoms in total. The number of hydrogen-bond acceptors (Lipinski definition) is 10. The number of nitrogens with two attached hydrogens (primary N) is 2. The van der Waals surface area contributed by atoms with Gasteiger partial charge in [-0.15, -0.1) is 5.06 Å². The summed E-state index contributed by atoms with van der Waals surface area (Å²) >= 11 is 0. The zero-order chi connectivity index (χ0) is 25.1. The van der Waals surface area contributed by atoms with Gasteiger partial charge in [-0.05, 0) is 19.4 Å². The molecule has 8 N–H and O–H groups in total. The lowest BCUT2D eigenvalue weighted by Gasteiger charge is -2.14. The second-order valence-electron chi connectivity index (χ2n) is 6.91. The van der Waals surface area contributed by atoms with E-state index in [0.29, 0.717) is 5.06 Å². The Morgan fingerprint density at radius 3 is 1.94 bits per heavy atom. The minimum Gasteiger partial charge on any atom is -0.395 e. The summed E-state index contributed by atoms with van der Waals surface area (Å²) in [6.45, 7) is 4.76. The third-order valence-corrected chi connectivity index (χ3v) is 3.71. The summed E-state index contributed by atoms with van der Waals surface area (Å²) in [5.74, 6) is -1.97. The molecule has 194 valence electrons. The molecule has 1 fully saturated rings. The fraction of sp³-hybridized carbons (Fsp3) is 0.750. The molecule has 0 aliphatic carbocycles. The van der Waals surface area contributed by atoms with E-state index in [2.05, 4.69) is 15.5 Å². The lowest BCUT2D eigenvalue weighted by molar-refractivity contribution is -0.195. The number of aliphatic hydroxyl groups excluding tert-OH is 2. The van der Waals surface area contributed by atoms with Gasteiger partial charge in [0, 0.05) is 46.2 Å². The third kappa shape index (κ3) is 21.0. The van der Waals surface area contributed by atoms with Crippen LogP contribution in [0.15, 0.2) is 0 Å². The first-order valence-corrected chi connectivity index (χ1v) is 10.2. The summed E-state index contributed by atoms with van der Waals surface area (Å²) in [7, 11) is 0. The quantitative estimate of drug-likeness (QED) is 0.154. The second kappa shape index (κ2) is 21.2. The zero-order valence-corrected chi connectivity index (χ0v) is 19.0. The van der Waals surface area contributed by atoms with Crippen LogP contribution in [0.4, 0.5) is 0 Å². The van der Waals surface area contributed by atoms with Gasteiger partial charge in [0.15, 0.2) is 0 Å². The molecule has 1 heterocycles. The molecular weight excluding hydrogens is 438 g/mol. The molecule has 0 spiro atoms. The Hall–Kier alpha value is -2.61. The van der Waals surface area contributed by atoms with Gasteiger partial charge in [-0.25, -0.2) is 4.79 Å². The van der Waals surface area contributed by atoms with Crippen LogP contribution < -0.4 is 22.1 Å². The average Bonchev–Trinajstić information content (AvgIpc) is 3.03. The SMILES string of the molecule is C.CC(=O)NCC(CO)NC(C)=O.CC(=O)ON1C(=O)CCC1=O.NCCCCC(N)CO. The van der Waals surface area contributed by atoms with E-state index in [9.17, 15) is 24.0 Å². The highest BCUT2D eigenvalue weighted by Gasteiger charge is 2.31. The molecule has 1 rings (SSSR count). The van der Waals surface area contributed by atoms with E-state index in [-0.39, 0.29) is 57.9 Å². The molecule has 0 aromatic heterocycles. The van der Waals surface area contributed by atoms with Crippen molar-refractivity contribution in [3.8, 4) is 0 Å². The van der Waals surface area contributed by atoms with Crippen LogP contribution in [0.25, 0.3) is 0 Å². The van der Waals surface area contributed by atoms with Crippen molar-refractivity contribution in [1.82, 2.24) is 15.7 Å². The van der Waals surface area contributed by atoms with Gasteiger partial charge >= 0.3 is 5.97 Å². The first-order valence-electron chi connectivity index (χ1n) is 10.2. The molecular formula is C20H41N5O8. The van der Waals surface area contributed by atoms with Crippen LogP contribution in [-0.2, 0) is 28.8 Å². The van der Waals surface area contributed by atoms with Crippen molar-refractivity contribution < 1.29 is 39.0 Å². The predicted molar refractivity (Wildman–Crippen MR) is 121 cm³/mol. The number of carbonyl (C=O) groups excluding carboxylic acids is 5. The fourth-order valence-electron chi connectivity index (χ4n) is 2.14. The molecule has 0 aromatic rings. The Morgan fingerprint density at radius 2 is 1.58 bits per heavy atom. The molecule has 0 aromatic carbocycles. The number of hydrogen-bond donors (Lipinski definition) is 6. The maximum atomic E-state index is 10.7. The molecule has 0 bridgehead atoms. The summed E-state index contributed by atoms with van der Waals surface area (Å²) in [6, 6.07) is -0.442. The molecule has 1 aliphatic heterocycles. The maximum absolute atomic E-state index is 10.7. The van der Waals surface area contributed by atoms with Crippen molar-refractivity contribution in [2.24, 2.45) is 11.5 Å². The Morgan fingerprint density at radius 1 is 1.03 bits per heavy atom. The maximum Gasteiger partial charge on any atom is 0.330 e. The van der Waals surface area contributed by atoms with Gasteiger partial charge in [0.05, 0.1) is 19.3 Å². The molecule has 1 aliphatic rings. The molecule has 0 radical (unpaired) electrons. The van der Waals surface area contributed by atoms with Crippen molar-refractivity contribution >= 4 is 29.6 Å². The monoisotopic (exact) mass is 479 g/mol. The first kappa shape index (κ1) is 35.0. The highest BCUT2D eigenvalue weighted by molar-refractivity contribution is 6.01. The van der Waals surface area contributed by atoms with Crippen molar-refractivity contribution in [3.63, 3.8) is 0 Å². The van der Waals surface area contributed by atoms with Gasteiger partial charge in [-0.1, -0.05) is 13.8 Å². The van der Waals surface area contributed by atoms with Crippen LogP contribution in [0, 0.1) is 0 Å². The molecule has 33 heavy (non-hydrogen) atoms. The Kier molecular flexibility index (Phi) is 22.5. The largest absolute Gasteiger partial charge is 0.395 e. The van der Waals surface area contributed by atoms with E-state index < -0.39 is 23.8 Å². The molecule has 13 heteroatoms. The Bertz CT molecular complexity index is 587. The number of rotatable bonds is 10. The van der Waals surface area contributed by atoms with Crippen molar-refractivity contribution in [2.45, 2.75) is 72.4 Å². The Labute approximate surface area is 195 Å². The minimum absolute atomic E-state index is 0. The van der Waals surface area contributed by atoms with E-state index >= 15 is 0 Å². The van der Waals surface area contributed by atoms with E-state index in [0.717, 1.165) is 32.7 Å². The number of hydroxylamine groups is 2. The Balaban J connectivity index is -0.000000407. The number of imide groups is 1. The zero-order valence-electron chi connectivity index (χ0n) is 19.0. The van der Waals surface area contributed by atoms with E-state index in [1.54, 1.807) is 0 Å². The topological polar surface area (TPSA) is 214 Å². The number of amides is 4. The van der Waals surface area contributed by atoms with Crippen LogP contribution in [0.2, 0.25) is 0 Å². The van der Waals surface area contributed by atoms with Crippen molar-refractivity contribution in [2.75, 3.05) is 26.3 Å². The summed E-state index contributed by atoms with van der Waals surface area (Å²) in [6.07, 6.45) is 3.18. The number of carbonyl (C=O) groups is 5. The van der Waals surface area contributed by atoms with Crippen LogP contribution in [0.1, 0.15) is 60.3 Å². The highest BCUT2D eigenvalue weighted by Crippen LogP contribution is 2.11. The van der Waals surface area contributed by atoms with Gasteiger partial charge in [0.1, 0.15) is 0 Å². The average molecular weight is 480 g/mol. The van der Waals surface area contributed by atoms with Crippen LogP contribution >= 0.6 is 0 Å². The van der Waals surface area contributed by atoms with Gasteiger partial charge in [0.25, 0.3) is 11.8 Å². The van der Waals surface area contributed by atoms with E-state index in [1.165, 1.54) is 13.8 Å². The third-order valence-electron chi connectivity index (χ3n) is 3.71. The molecule has 0 saturated carbocycles. The van der Waals surface area contributed by atoms with Crippen LogP contribution in [-0.4, -0.2) is 83.3 Å². The van der Waals surface area contributed by atoms with Gasteiger partial charge in [0.2, 0.25) is 11.8 Å². The summed E-state index contributed by atoms with van der Waals surface area (Å²) in [5.41, 5.74) is 10.7. The normalized spacial score (nSPS) is 13.8. The number of aliphatic hydroxyl groups is 2. The smallest absolute Gasteiger partial charge is 0.330 e. The highest BCUT2D eigenvalue weighted by atomic mass is 16.7. The molecule has 4 amide bonds. The van der Waals surface area contributed by atoms with Gasteiger partial charge in [-0.2, -0.15) is 0 Å². The van der Waals surface area contributed by atoms with Gasteiger partial charge < -0.3 is 37.2 Å². The number of nitrogens with one attached hydrogen (secondary N) is 2. The second-order valence-corrected chi connectivity index (χ2v) is 6.91. The summed E-state index contributed by atoms with van der Waals surface area (Å²) in [4.78, 5) is 57.1. The minimum atomic E-state index is -0.659. The predicted octanol–water partition coefficient (Wildman–Crippen LogP) is -1.70. The van der Waals surface area contributed by atoms with Crippen LogP contribution in [0.3, 0.4) is 0 Å². The summed E-state index contributed by atoms with van der Waals surface area (Å²) < 4.78 is 0. The van der Waals surface area contributed by atoms with Gasteiger partial charge in [-0.3, -0.25) is 19.2 Å². The van der Waals surface area contributed by atoms with Crippen LogP contribution in [0.5, 0.6) is 0 Å². The van der Waals surface area contributed by atoms with Crippen molar-refractivity contribution in [3.05, 3.63) is 0 Å². The first-order chi connectivity index (χ1) is 15.0. The molecule has 1 saturated heterocycles. The lowest BCUT2D eigenvalue weighted by Crippen LogP contribution is -2.44. The molecule has 2 atom stereocenters.